The standard InChI is InChI=1S/C16H22FN/c1-11(12-5-3-2-4-6-12)15-10-18-16-8-7-13(17)9-14(15)16/h7-9,11-12,15,18H,2-6,10H2,1H3. The molecule has 1 aliphatic heterocycles. The fourth-order valence-electron chi connectivity index (χ4n) is 3.79. The second kappa shape index (κ2) is 4.91. The van der Waals surface area contributed by atoms with E-state index in [2.05, 4.69) is 12.2 Å². The Morgan fingerprint density at radius 1 is 1.22 bits per heavy atom. The van der Waals surface area contributed by atoms with Crippen LogP contribution >= 0.6 is 0 Å². The third kappa shape index (κ3) is 2.13. The van der Waals surface area contributed by atoms with Gasteiger partial charge in [-0.1, -0.05) is 39.0 Å². The molecule has 2 aliphatic rings. The first-order valence-corrected chi connectivity index (χ1v) is 7.29. The number of benzene rings is 1. The van der Waals surface area contributed by atoms with Crippen molar-refractivity contribution in [3.63, 3.8) is 0 Å². The summed E-state index contributed by atoms with van der Waals surface area (Å²) in [6.45, 7) is 3.35. The molecular weight excluding hydrogens is 225 g/mol. The first-order chi connectivity index (χ1) is 8.75. The Morgan fingerprint density at radius 2 is 2.00 bits per heavy atom. The Hall–Kier alpha value is -1.05. The molecule has 0 radical (unpaired) electrons. The van der Waals surface area contributed by atoms with Crippen molar-refractivity contribution in [2.24, 2.45) is 11.8 Å². The predicted molar refractivity (Wildman–Crippen MR) is 73.4 cm³/mol. The molecule has 1 saturated carbocycles. The molecule has 1 aromatic rings. The van der Waals surface area contributed by atoms with Crippen LogP contribution in [0, 0.1) is 17.7 Å². The van der Waals surface area contributed by atoms with Gasteiger partial charge in [0.15, 0.2) is 0 Å². The van der Waals surface area contributed by atoms with Crippen LogP contribution in [-0.2, 0) is 0 Å². The van der Waals surface area contributed by atoms with Gasteiger partial charge in [-0.05, 0) is 35.6 Å². The molecular formula is C16H22FN. The van der Waals surface area contributed by atoms with Gasteiger partial charge in [-0.15, -0.1) is 0 Å². The van der Waals surface area contributed by atoms with Crippen molar-refractivity contribution in [2.45, 2.75) is 44.9 Å². The lowest BCUT2D eigenvalue weighted by molar-refractivity contribution is 0.238. The lowest BCUT2D eigenvalue weighted by atomic mass is 9.73. The quantitative estimate of drug-likeness (QED) is 0.808. The molecule has 2 heteroatoms. The van der Waals surface area contributed by atoms with Gasteiger partial charge in [0.1, 0.15) is 5.82 Å². The normalized spacial score (nSPS) is 25.6. The van der Waals surface area contributed by atoms with Gasteiger partial charge in [0.25, 0.3) is 0 Å². The fraction of sp³-hybridized carbons (Fsp3) is 0.625. The Kier molecular flexibility index (Phi) is 3.27. The molecule has 1 N–H and O–H groups in total. The summed E-state index contributed by atoms with van der Waals surface area (Å²) in [5, 5.41) is 3.43. The molecule has 0 aromatic heterocycles. The molecule has 0 spiro atoms. The summed E-state index contributed by atoms with van der Waals surface area (Å²) in [6.07, 6.45) is 6.89. The Bertz CT molecular complexity index is 423. The molecule has 3 rings (SSSR count). The van der Waals surface area contributed by atoms with Crippen molar-refractivity contribution < 1.29 is 4.39 Å². The highest BCUT2D eigenvalue weighted by atomic mass is 19.1. The highest BCUT2D eigenvalue weighted by Gasteiger charge is 2.32. The first-order valence-electron chi connectivity index (χ1n) is 7.29. The van der Waals surface area contributed by atoms with E-state index in [1.54, 1.807) is 12.1 Å². The summed E-state index contributed by atoms with van der Waals surface area (Å²) in [5.41, 5.74) is 2.34. The topological polar surface area (TPSA) is 12.0 Å². The van der Waals surface area contributed by atoms with Crippen molar-refractivity contribution in [1.29, 1.82) is 0 Å². The van der Waals surface area contributed by atoms with Gasteiger partial charge in [-0.2, -0.15) is 0 Å². The third-order valence-electron chi connectivity index (χ3n) is 4.95. The van der Waals surface area contributed by atoms with Crippen LogP contribution in [0.2, 0.25) is 0 Å². The van der Waals surface area contributed by atoms with Crippen molar-refractivity contribution in [1.82, 2.24) is 0 Å². The van der Waals surface area contributed by atoms with Crippen molar-refractivity contribution in [2.75, 3.05) is 11.9 Å². The van der Waals surface area contributed by atoms with Crippen molar-refractivity contribution >= 4 is 5.69 Å². The number of rotatable bonds is 2. The minimum absolute atomic E-state index is 0.0988. The number of halogens is 1. The summed E-state index contributed by atoms with van der Waals surface area (Å²) >= 11 is 0. The number of anilines is 1. The van der Waals surface area contributed by atoms with Crippen molar-refractivity contribution in [3.05, 3.63) is 29.6 Å². The van der Waals surface area contributed by atoms with Crippen LogP contribution in [0.25, 0.3) is 0 Å². The second-order valence-electron chi connectivity index (χ2n) is 5.98. The Balaban J connectivity index is 1.80. The maximum Gasteiger partial charge on any atom is 0.123 e. The highest BCUT2D eigenvalue weighted by Crippen LogP contribution is 2.43. The van der Waals surface area contributed by atoms with Crippen LogP contribution in [0.4, 0.5) is 10.1 Å². The Labute approximate surface area is 109 Å². The second-order valence-corrected chi connectivity index (χ2v) is 5.98. The molecule has 1 heterocycles. The van der Waals surface area contributed by atoms with Crippen LogP contribution in [0.5, 0.6) is 0 Å². The smallest absolute Gasteiger partial charge is 0.123 e. The zero-order valence-corrected chi connectivity index (χ0v) is 11.1. The van der Waals surface area contributed by atoms with Gasteiger partial charge < -0.3 is 5.32 Å². The average Bonchev–Trinajstić information content (AvgIpc) is 2.82. The maximum absolute atomic E-state index is 13.4. The summed E-state index contributed by atoms with van der Waals surface area (Å²) in [6, 6.07) is 5.18. The molecule has 1 aromatic carbocycles. The summed E-state index contributed by atoms with van der Waals surface area (Å²) in [7, 11) is 0. The summed E-state index contributed by atoms with van der Waals surface area (Å²) < 4.78 is 13.4. The van der Waals surface area contributed by atoms with E-state index in [4.69, 9.17) is 0 Å². The zero-order valence-electron chi connectivity index (χ0n) is 11.1. The van der Waals surface area contributed by atoms with Gasteiger partial charge >= 0.3 is 0 Å². The molecule has 2 atom stereocenters. The van der Waals surface area contributed by atoms with E-state index < -0.39 is 0 Å². The Morgan fingerprint density at radius 3 is 2.78 bits per heavy atom. The van der Waals surface area contributed by atoms with Gasteiger partial charge in [-0.25, -0.2) is 4.39 Å². The number of hydrogen-bond donors (Lipinski definition) is 1. The lowest BCUT2D eigenvalue weighted by Crippen LogP contribution is -2.23. The summed E-state index contributed by atoms with van der Waals surface area (Å²) in [5.74, 6) is 1.90. The molecule has 0 bridgehead atoms. The highest BCUT2D eigenvalue weighted by molar-refractivity contribution is 5.58. The maximum atomic E-state index is 13.4. The van der Waals surface area contributed by atoms with E-state index in [-0.39, 0.29) is 5.82 Å². The van der Waals surface area contributed by atoms with E-state index >= 15 is 0 Å². The molecule has 1 nitrogen and oxygen atoms in total. The van der Waals surface area contributed by atoms with Gasteiger partial charge in [0, 0.05) is 18.2 Å². The minimum Gasteiger partial charge on any atom is -0.384 e. The number of fused-ring (bicyclic) bond motifs is 1. The van der Waals surface area contributed by atoms with Crippen LogP contribution in [0.3, 0.4) is 0 Å². The number of hydrogen-bond acceptors (Lipinski definition) is 1. The van der Waals surface area contributed by atoms with Gasteiger partial charge in [0.05, 0.1) is 0 Å². The fourth-order valence-corrected chi connectivity index (χ4v) is 3.79. The third-order valence-corrected chi connectivity index (χ3v) is 4.95. The predicted octanol–water partition coefficient (Wildman–Crippen LogP) is 4.55. The summed E-state index contributed by atoms with van der Waals surface area (Å²) in [4.78, 5) is 0. The monoisotopic (exact) mass is 247 g/mol. The molecule has 0 saturated heterocycles. The van der Waals surface area contributed by atoms with Crippen LogP contribution in [-0.4, -0.2) is 6.54 Å². The lowest BCUT2D eigenvalue weighted by Gasteiger charge is -2.31. The van der Waals surface area contributed by atoms with E-state index in [0.29, 0.717) is 11.8 Å². The van der Waals surface area contributed by atoms with E-state index in [9.17, 15) is 4.39 Å². The SMILES string of the molecule is CC(C1CCCCC1)C1CNc2ccc(F)cc21. The van der Waals surface area contributed by atoms with E-state index in [1.807, 2.05) is 6.07 Å². The van der Waals surface area contributed by atoms with Gasteiger partial charge in [-0.3, -0.25) is 0 Å². The molecule has 1 fully saturated rings. The van der Waals surface area contributed by atoms with Crippen molar-refractivity contribution in [3.8, 4) is 0 Å². The average molecular weight is 247 g/mol. The van der Waals surface area contributed by atoms with E-state index in [0.717, 1.165) is 18.2 Å². The van der Waals surface area contributed by atoms with Crippen LogP contribution in [0.15, 0.2) is 18.2 Å². The molecule has 18 heavy (non-hydrogen) atoms. The van der Waals surface area contributed by atoms with Crippen LogP contribution in [0.1, 0.15) is 50.5 Å². The first kappa shape index (κ1) is 12.0. The zero-order chi connectivity index (χ0) is 12.5. The molecule has 0 amide bonds. The van der Waals surface area contributed by atoms with Crippen LogP contribution < -0.4 is 5.32 Å². The molecule has 1 aliphatic carbocycles. The molecule has 2 unspecified atom stereocenters. The minimum atomic E-state index is -0.0988. The number of nitrogens with one attached hydrogen (secondary N) is 1. The van der Waals surface area contributed by atoms with Gasteiger partial charge in [0.2, 0.25) is 0 Å². The largest absolute Gasteiger partial charge is 0.384 e. The van der Waals surface area contributed by atoms with E-state index in [1.165, 1.54) is 37.7 Å². The molecule has 98 valence electrons.